The van der Waals surface area contributed by atoms with E-state index in [9.17, 15) is 0 Å². The Kier molecular flexibility index (Phi) is 1.11. The molecule has 0 aromatic carbocycles. The van der Waals surface area contributed by atoms with E-state index in [4.69, 9.17) is 4.74 Å². The number of aliphatic imine (C=N–C) groups is 1. The van der Waals surface area contributed by atoms with Gasteiger partial charge in [0.1, 0.15) is 6.61 Å². The molecule has 0 aromatic heterocycles. The first kappa shape index (κ1) is 4.37. The molecule has 1 aliphatic rings. The monoisotopic (exact) mass is 96.0 g/mol. The number of hydrogen-bond donors (Lipinski definition) is 0. The van der Waals surface area contributed by atoms with Gasteiger partial charge in [0.2, 0.25) is 0 Å². The lowest BCUT2D eigenvalue weighted by Crippen LogP contribution is -2.01. The first-order valence-electron chi connectivity index (χ1n) is 2.07. The summed E-state index contributed by atoms with van der Waals surface area (Å²) in [4.78, 5) is 3.73. The molecular weight excluding hydrogens is 90.1 g/mol. The highest BCUT2D eigenvalue weighted by Crippen LogP contribution is 1.89. The quantitative estimate of drug-likeness (QED) is 0.436. The predicted octanol–water partition coefficient (Wildman–Crippen LogP) is 0.763. The maximum atomic E-state index is 4.83. The first-order valence-corrected chi connectivity index (χ1v) is 2.07. The second-order valence-electron chi connectivity index (χ2n) is 1.22. The molecule has 0 amide bonds. The van der Waals surface area contributed by atoms with Crippen LogP contribution in [0.4, 0.5) is 0 Å². The van der Waals surface area contributed by atoms with Crippen molar-refractivity contribution in [2.24, 2.45) is 4.99 Å². The normalized spacial score (nSPS) is 18.1. The second-order valence-corrected chi connectivity index (χ2v) is 1.22. The summed E-state index contributed by atoms with van der Waals surface area (Å²) in [7, 11) is 0. The van der Waals surface area contributed by atoms with E-state index in [1.165, 1.54) is 0 Å². The molecule has 0 spiro atoms. The Morgan fingerprint density at radius 2 is 2.71 bits per heavy atom. The van der Waals surface area contributed by atoms with Gasteiger partial charge in [0, 0.05) is 13.1 Å². The van der Waals surface area contributed by atoms with E-state index in [0.717, 1.165) is 0 Å². The molecule has 1 heterocycles. The Labute approximate surface area is 42.5 Å². The maximum absolute atomic E-state index is 4.83. The van der Waals surface area contributed by atoms with Crippen LogP contribution in [0, 0.1) is 6.92 Å². The Hall–Kier alpha value is -0.790. The Morgan fingerprint density at radius 1 is 1.86 bits per heavy atom. The van der Waals surface area contributed by atoms with Gasteiger partial charge in [0.15, 0.2) is 5.90 Å². The van der Waals surface area contributed by atoms with Crippen LogP contribution in [0.1, 0.15) is 0 Å². The molecule has 0 saturated carbocycles. The molecule has 0 bridgehead atoms. The van der Waals surface area contributed by atoms with Crippen molar-refractivity contribution in [1.29, 1.82) is 0 Å². The fourth-order valence-corrected chi connectivity index (χ4v) is 0.360. The van der Waals surface area contributed by atoms with Crippen LogP contribution in [-0.2, 0) is 4.74 Å². The minimum absolute atomic E-state index is 0.502. The van der Waals surface area contributed by atoms with E-state index in [-0.39, 0.29) is 0 Å². The molecule has 0 atom stereocenters. The molecule has 37 valence electrons. The topological polar surface area (TPSA) is 21.6 Å². The van der Waals surface area contributed by atoms with Gasteiger partial charge in [0.05, 0.1) is 0 Å². The van der Waals surface area contributed by atoms with Gasteiger partial charge in [0.25, 0.3) is 0 Å². The van der Waals surface area contributed by atoms with E-state index >= 15 is 0 Å². The zero-order valence-electron chi connectivity index (χ0n) is 3.92. The molecule has 0 aliphatic carbocycles. The minimum Gasteiger partial charge on any atom is -0.476 e. The lowest BCUT2D eigenvalue weighted by molar-refractivity contribution is 0.347. The van der Waals surface area contributed by atoms with Gasteiger partial charge in [-0.2, -0.15) is 0 Å². The van der Waals surface area contributed by atoms with Gasteiger partial charge in [-0.3, -0.25) is 0 Å². The number of hydrogen-bond acceptors (Lipinski definition) is 2. The summed E-state index contributed by atoms with van der Waals surface area (Å²) >= 11 is 0. The van der Waals surface area contributed by atoms with Gasteiger partial charge in [-0.05, 0) is 6.08 Å². The molecule has 2 heteroatoms. The second kappa shape index (κ2) is 1.78. The summed E-state index contributed by atoms with van der Waals surface area (Å²) in [5.74, 6) is 0.502. The lowest BCUT2D eigenvalue weighted by Gasteiger charge is -2.02. The first-order chi connectivity index (χ1) is 3.39. The predicted molar refractivity (Wildman–Crippen MR) is 27.9 cm³/mol. The van der Waals surface area contributed by atoms with Crippen LogP contribution >= 0.6 is 0 Å². The van der Waals surface area contributed by atoms with Crippen LogP contribution in [0.3, 0.4) is 0 Å². The largest absolute Gasteiger partial charge is 0.476 e. The van der Waals surface area contributed by atoms with Gasteiger partial charge in [-0.15, -0.1) is 0 Å². The van der Waals surface area contributed by atoms with E-state index in [1.54, 1.807) is 6.20 Å². The van der Waals surface area contributed by atoms with Crippen LogP contribution < -0.4 is 0 Å². The average Bonchev–Trinajstić information content (AvgIpc) is 1.69. The Balaban J connectivity index is 2.57. The molecule has 0 unspecified atom stereocenters. The van der Waals surface area contributed by atoms with Crippen molar-refractivity contribution in [3.8, 4) is 0 Å². The van der Waals surface area contributed by atoms with Crippen LogP contribution in [0.5, 0.6) is 0 Å². The zero-order chi connectivity index (χ0) is 5.11. The molecule has 7 heavy (non-hydrogen) atoms. The van der Waals surface area contributed by atoms with E-state index in [1.807, 2.05) is 6.08 Å². The third kappa shape index (κ3) is 1.03. The van der Waals surface area contributed by atoms with Crippen molar-refractivity contribution in [3.63, 3.8) is 0 Å². The number of rotatable bonds is 0. The van der Waals surface area contributed by atoms with Gasteiger partial charge in [-0.25, -0.2) is 4.99 Å². The van der Waals surface area contributed by atoms with Crippen molar-refractivity contribution in [3.05, 3.63) is 19.2 Å². The fourth-order valence-electron chi connectivity index (χ4n) is 0.360. The van der Waals surface area contributed by atoms with Crippen molar-refractivity contribution >= 4 is 5.90 Å². The Bertz CT molecular complexity index is 115. The molecule has 1 radical (unpaired) electrons. The van der Waals surface area contributed by atoms with Crippen molar-refractivity contribution in [2.75, 3.05) is 6.61 Å². The third-order valence-electron chi connectivity index (χ3n) is 0.670. The SMILES string of the molecule is [CH2]C1=NC=CCO1. The van der Waals surface area contributed by atoms with Gasteiger partial charge < -0.3 is 4.74 Å². The number of ether oxygens (including phenoxy) is 1. The van der Waals surface area contributed by atoms with Crippen molar-refractivity contribution < 1.29 is 4.74 Å². The average molecular weight is 96.1 g/mol. The van der Waals surface area contributed by atoms with Gasteiger partial charge in [-0.1, -0.05) is 0 Å². The van der Waals surface area contributed by atoms with Crippen LogP contribution in [0.25, 0.3) is 0 Å². The lowest BCUT2D eigenvalue weighted by atomic mass is 10.6. The highest BCUT2D eigenvalue weighted by atomic mass is 16.5. The van der Waals surface area contributed by atoms with Crippen LogP contribution in [0.15, 0.2) is 17.3 Å². The summed E-state index contributed by atoms with van der Waals surface area (Å²) in [6, 6.07) is 0. The summed E-state index contributed by atoms with van der Waals surface area (Å²) in [6.45, 7) is 4.09. The standard InChI is InChI=1S/C5H6NO/c1-5-6-3-2-4-7-5/h2-3H,1,4H2. The number of nitrogens with zero attached hydrogens (tertiary/aromatic N) is 1. The van der Waals surface area contributed by atoms with Crippen LogP contribution in [-0.4, -0.2) is 12.5 Å². The zero-order valence-corrected chi connectivity index (χ0v) is 3.92. The molecule has 1 rings (SSSR count). The summed E-state index contributed by atoms with van der Waals surface area (Å²) in [6.07, 6.45) is 3.51. The molecule has 0 N–H and O–H groups in total. The highest BCUT2D eigenvalue weighted by Gasteiger charge is 1.89. The third-order valence-corrected chi connectivity index (χ3v) is 0.670. The molecule has 0 fully saturated rings. The Morgan fingerprint density at radius 3 is 3.00 bits per heavy atom. The van der Waals surface area contributed by atoms with Crippen LogP contribution in [0.2, 0.25) is 0 Å². The smallest absolute Gasteiger partial charge is 0.188 e. The van der Waals surface area contributed by atoms with E-state index in [0.29, 0.717) is 12.5 Å². The van der Waals surface area contributed by atoms with E-state index in [2.05, 4.69) is 11.9 Å². The molecule has 1 aliphatic heterocycles. The maximum Gasteiger partial charge on any atom is 0.188 e. The summed E-state index contributed by atoms with van der Waals surface area (Å²) in [5, 5.41) is 0. The minimum atomic E-state index is 0.502. The molecule has 0 saturated heterocycles. The molecule has 2 nitrogen and oxygen atoms in total. The summed E-state index contributed by atoms with van der Waals surface area (Å²) in [5.41, 5.74) is 0. The molecule has 0 aromatic rings. The van der Waals surface area contributed by atoms with Crippen molar-refractivity contribution in [2.45, 2.75) is 0 Å². The summed E-state index contributed by atoms with van der Waals surface area (Å²) < 4.78 is 4.83. The fraction of sp³-hybridized carbons (Fsp3) is 0.200. The molecular formula is C5H6NO. The van der Waals surface area contributed by atoms with Crippen molar-refractivity contribution in [1.82, 2.24) is 0 Å². The highest BCUT2D eigenvalue weighted by molar-refractivity contribution is 5.81. The van der Waals surface area contributed by atoms with E-state index < -0.39 is 0 Å². The van der Waals surface area contributed by atoms with Gasteiger partial charge >= 0.3 is 0 Å².